The van der Waals surface area contributed by atoms with Gasteiger partial charge in [-0.2, -0.15) is 0 Å². The van der Waals surface area contributed by atoms with Crippen LogP contribution in [0.4, 0.5) is 4.79 Å². The number of carbonyl (C=O) groups is 2. The average molecular weight is 444 g/mol. The number of hydrogen-bond donors (Lipinski definition) is 1. The molecule has 7 heteroatoms. The number of urea groups is 1. The van der Waals surface area contributed by atoms with E-state index in [4.69, 9.17) is 4.74 Å². The molecule has 2 heterocycles. The van der Waals surface area contributed by atoms with E-state index in [1.54, 1.807) is 16.2 Å². The Labute approximate surface area is 189 Å². The second kappa shape index (κ2) is 10.7. The van der Waals surface area contributed by atoms with Crippen LogP contribution < -0.4 is 10.1 Å². The SMILES string of the molecule is CCCNC(=O)N(CC(=O)N1CCc2sccc2C1COc1ccc(C)cc1)C(C)C. The lowest BCUT2D eigenvalue weighted by Crippen LogP contribution is -2.51. The summed E-state index contributed by atoms with van der Waals surface area (Å²) >= 11 is 1.73. The van der Waals surface area contributed by atoms with Gasteiger partial charge in [0.05, 0.1) is 6.04 Å². The third kappa shape index (κ3) is 5.79. The quantitative estimate of drug-likeness (QED) is 0.658. The molecule has 1 N–H and O–H groups in total. The van der Waals surface area contributed by atoms with Crippen molar-refractivity contribution in [3.63, 3.8) is 0 Å². The minimum atomic E-state index is -0.189. The Bertz CT molecular complexity index is 878. The first-order valence-corrected chi connectivity index (χ1v) is 11.9. The minimum absolute atomic E-state index is 0.0466. The maximum Gasteiger partial charge on any atom is 0.318 e. The Hall–Kier alpha value is -2.54. The summed E-state index contributed by atoms with van der Waals surface area (Å²) in [6, 6.07) is 9.63. The second-order valence-corrected chi connectivity index (χ2v) is 9.23. The highest BCUT2D eigenvalue weighted by Crippen LogP contribution is 2.34. The van der Waals surface area contributed by atoms with Crippen molar-refractivity contribution in [2.45, 2.75) is 52.6 Å². The van der Waals surface area contributed by atoms with Gasteiger partial charge in [0.1, 0.15) is 18.9 Å². The number of fused-ring (bicyclic) bond motifs is 1. The topological polar surface area (TPSA) is 61.9 Å². The molecule has 1 aliphatic heterocycles. The van der Waals surface area contributed by atoms with Crippen molar-refractivity contribution in [1.29, 1.82) is 0 Å². The highest BCUT2D eigenvalue weighted by Gasteiger charge is 2.34. The zero-order valence-corrected chi connectivity index (χ0v) is 19.7. The number of ether oxygens (including phenoxy) is 1. The van der Waals surface area contributed by atoms with Gasteiger partial charge < -0.3 is 19.9 Å². The van der Waals surface area contributed by atoms with Crippen molar-refractivity contribution >= 4 is 23.3 Å². The predicted molar refractivity (Wildman–Crippen MR) is 125 cm³/mol. The lowest BCUT2D eigenvalue weighted by molar-refractivity contribution is -0.135. The molecule has 3 rings (SSSR count). The van der Waals surface area contributed by atoms with Crippen molar-refractivity contribution in [2.24, 2.45) is 0 Å². The van der Waals surface area contributed by atoms with E-state index >= 15 is 0 Å². The molecule has 1 aliphatic rings. The Morgan fingerprint density at radius 1 is 1.26 bits per heavy atom. The summed E-state index contributed by atoms with van der Waals surface area (Å²) in [6.07, 6.45) is 1.70. The summed E-state index contributed by atoms with van der Waals surface area (Å²) < 4.78 is 6.08. The lowest BCUT2D eigenvalue weighted by Gasteiger charge is -2.37. The third-order valence-electron chi connectivity index (χ3n) is 5.56. The van der Waals surface area contributed by atoms with Gasteiger partial charge in [0, 0.05) is 24.0 Å². The van der Waals surface area contributed by atoms with Crippen molar-refractivity contribution in [3.05, 3.63) is 51.7 Å². The Morgan fingerprint density at radius 3 is 2.68 bits per heavy atom. The Balaban J connectivity index is 1.74. The number of thiophene rings is 1. The number of nitrogens with zero attached hydrogens (tertiary/aromatic N) is 2. The molecule has 0 aliphatic carbocycles. The van der Waals surface area contributed by atoms with Crippen LogP contribution in [0, 0.1) is 6.92 Å². The lowest BCUT2D eigenvalue weighted by atomic mass is 10.0. The van der Waals surface area contributed by atoms with Gasteiger partial charge in [0.2, 0.25) is 5.91 Å². The number of nitrogens with one attached hydrogen (secondary N) is 1. The molecule has 0 radical (unpaired) electrons. The van der Waals surface area contributed by atoms with Crippen molar-refractivity contribution in [3.8, 4) is 5.75 Å². The molecule has 0 saturated heterocycles. The third-order valence-corrected chi connectivity index (χ3v) is 6.56. The first kappa shape index (κ1) is 23.1. The predicted octanol–water partition coefficient (Wildman–Crippen LogP) is 4.39. The molecule has 6 nitrogen and oxygen atoms in total. The molecular formula is C24H33N3O3S. The van der Waals surface area contributed by atoms with Gasteiger partial charge in [-0.25, -0.2) is 4.79 Å². The van der Waals surface area contributed by atoms with Gasteiger partial charge >= 0.3 is 6.03 Å². The first-order valence-electron chi connectivity index (χ1n) is 11.0. The van der Waals surface area contributed by atoms with Crippen LogP contribution in [-0.4, -0.2) is 54.0 Å². The minimum Gasteiger partial charge on any atom is -0.491 e. The van der Waals surface area contributed by atoms with E-state index in [2.05, 4.69) is 16.8 Å². The highest BCUT2D eigenvalue weighted by atomic mass is 32.1. The van der Waals surface area contributed by atoms with Crippen LogP contribution in [0.15, 0.2) is 35.7 Å². The summed E-state index contributed by atoms with van der Waals surface area (Å²) in [5, 5.41) is 4.97. The average Bonchev–Trinajstić information content (AvgIpc) is 3.24. The van der Waals surface area contributed by atoms with Crippen LogP contribution in [0.5, 0.6) is 5.75 Å². The van der Waals surface area contributed by atoms with Gasteiger partial charge in [-0.05, 0) is 62.8 Å². The number of carbonyl (C=O) groups excluding carboxylic acids is 2. The largest absolute Gasteiger partial charge is 0.491 e. The fourth-order valence-electron chi connectivity index (χ4n) is 3.74. The van der Waals surface area contributed by atoms with Crippen molar-refractivity contribution in [2.75, 3.05) is 26.2 Å². The van der Waals surface area contributed by atoms with Crippen LogP contribution in [0.3, 0.4) is 0 Å². The summed E-state index contributed by atoms with van der Waals surface area (Å²) in [5.74, 6) is 0.748. The number of amides is 3. The number of aryl methyl sites for hydroxylation is 1. The normalized spacial score (nSPS) is 15.5. The van der Waals surface area contributed by atoms with Gasteiger partial charge in [0.15, 0.2) is 0 Å². The summed E-state index contributed by atoms with van der Waals surface area (Å²) in [4.78, 5) is 30.7. The highest BCUT2D eigenvalue weighted by molar-refractivity contribution is 7.10. The molecule has 3 amide bonds. The van der Waals surface area contributed by atoms with Crippen molar-refractivity contribution in [1.82, 2.24) is 15.1 Å². The van der Waals surface area contributed by atoms with Crippen LogP contribution in [-0.2, 0) is 11.2 Å². The van der Waals surface area contributed by atoms with Gasteiger partial charge in [-0.3, -0.25) is 4.79 Å². The van der Waals surface area contributed by atoms with Crippen molar-refractivity contribution < 1.29 is 14.3 Å². The molecule has 0 spiro atoms. The molecule has 0 bridgehead atoms. The van der Waals surface area contributed by atoms with E-state index < -0.39 is 0 Å². The van der Waals surface area contributed by atoms with E-state index in [0.717, 1.165) is 24.2 Å². The van der Waals surface area contributed by atoms with Crippen LogP contribution in [0.1, 0.15) is 49.2 Å². The first-order chi connectivity index (χ1) is 14.9. The molecule has 168 valence electrons. The summed E-state index contributed by atoms with van der Waals surface area (Å²) in [7, 11) is 0. The number of hydrogen-bond acceptors (Lipinski definition) is 4. The van der Waals surface area contributed by atoms with E-state index in [1.807, 2.05) is 56.9 Å². The zero-order chi connectivity index (χ0) is 22.4. The molecule has 1 atom stereocenters. The van der Waals surface area contributed by atoms with Gasteiger partial charge in [-0.1, -0.05) is 24.6 Å². The van der Waals surface area contributed by atoms with E-state index in [-0.39, 0.29) is 30.6 Å². The van der Waals surface area contributed by atoms with E-state index in [1.165, 1.54) is 10.4 Å². The number of rotatable bonds is 8. The zero-order valence-electron chi connectivity index (χ0n) is 18.9. The molecule has 0 saturated carbocycles. The molecule has 2 aromatic rings. The van der Waals surface area contributed by atoms with E-state index in [0.29, 0.717) is 19.7 Å². The fourth-order valence-corrected chi connectivity index (χ4v) is 4.67. The maximum absolute atomic E-state index is 13.3. The Morgan fingerprint density at radius 2 is 2.00 bits per heavy atom. The van der Waals surface area contributed by atoms with Gasteiger partial charge in [-0.15, -0.1) is 11.3 Å². The molecule has 1 unspecified atom stereocenters. The van der Waals surface area contributed by atoms with E-state index in [9.17, 15) is 9.59 Å². The standard InChI is InChI=1S/C24H33N3O3S/c1-5-12-25-24(29)27(17(2)3)15-23(28)26-13-10-22-20(11-14-31-22)21(26)16-30-19-8-6-18(4)7-9-19/h6-9,11,14,17,21H,5,10,12-13,15-16H2,1-4H3,(H,25,29). The molecule has 1 aromatic heterocycles. The molecular weight excluding hydrogens is 410 g/mol. The smallest absolute Gasteiger partial charge is 0.318 e. The maximum atomic E-state index is 13.3. The summed E-state index contributed by atoms with van der Waals surface area (Å²) in [5.41, 5.74) is 2.33. The van der Waals surface area contributed by atoms with Crippen LogP contribution in [0.2, 0.25) is 0 Å². The monoisotopic (exact) mass is 443 g/mol. The molecule has 31 heavy (non-hydrogen) atoms. The van der Waals surface area contributed by atoms with Crippen LogP contribution >= 0.6 is 11.3 Å². The van der Waals surface area contributed by atoms with Crippen LogP contribution in [0.25, 0.3) is 0 Å². The second-order valence-electron chi connectivity index (χ2n) is 8.23. The fraction of sp³-hybridized carbons (Fsp3) is 0.500. The molecule has 1 aromatic carbocycles. The Kier molecular flexibility index (Phi) is 7.96. The summed E-state index contributed by atoms with van der Waals surface area (Å²) in [6.45, 7) is 9.61. The molecule has 0 fully saturated rings. The number of benzene rings is 1. The van der Waals surface area contributed by atoms with Gasteiger partial charge in [0.25, 0.3) is 0 Å².